The molecule has 22 heavy (non-hydrogen) atoms. The van der Waals surface area contributed by atoms with E-state index in [0.717, 1.165) is 10.6 Å². The Morgan fingerprint density at radius 3 is 2.86 bits per heavy atom. The van der Waals surface area contributed by atoms with Gasteiger partial charge in [-0.15, -0.1) is 11.3 Å². The molecule has 3 heterocycles. The third kappa shape index (κ3) is 2.61. The molecule has 0 saturated heterocycles. The summed E-state index contributed by atoms with van der Waals surface area (Å²) in [7, 11) is 1.68. The molecular formula is C14H17N5O2S. The number of hydrogen-bond donors (Lipinski definition) is 1. The summed E-state index contributed by atoms with van der Waals surface area (Å²) in [6.45, 7) is 4.74. The van der Waals surface area contributed by atoms with Crippen LogP contribution in [0, 0.1) is 13.8 Å². The molecule has 0 atom stereocenters. The summed E-state index contributed by atoms with van der Waals surface area (Å²) in [5.41, 5.74) is 2.27. The predicted octanol–water partition coefficient (Wildman–Crippen LogP) is 1.44. The zero-order valence-corrected chi connectivity index (χ0v) is 13.5. The molecule has 3 rings (SSSR count). The van der Waals surface area contributed by atoms with Crippen LogP contribution in [-0.4, -0.2) is 32.0 Å². The zero-order chi connectivity index (χ0) is 15.9. The van der Waals surface area contributed by atoms with Crippen LogP contribution in [0.25, 0.3) is 0 Å². The number of amides is 2. The van der Waals surface area contributed by atoms with Crippen molar-refractivity contribution < 1.29 is 4.79 Å². The normalized spacial score (nSPS) is 13.9. The summed E-state index contributed by atoms with van der Waals surface area (Å²) < 4.78 is 1.47. The van der Waals surface area contributed by atoms with Crippen molar-refractivity contribution >= 4 is 22.5 Å². The molecule has 1 aliphatic heterocycles. The van der Waals surface area contributed by atoms with Crippen LogP contribution in [0.2, 0.25) is 0 Å². The smallest absolute Gasteiger partial charge is 0.318 e. The van der Waals surface area contributed by atoms with Crippen LogP contribution < -0.4 is 10.9 Å². The minimum absolute atomic E-state index is 0.0313. The van der Waals surface area contributed by atoms with E-state index >= 15 is 0 Å². The second kappa shape index (κ2) is 5.53. The lowest BCUT2D eigenvalue weighted by molar-refractivity contribution is 0.205. The van der Waals surface area contributed by atoms with Crippen molar-refractivity contribution in [1.29, 1.82) is 0 Å². The Morgan fingerprint density at radius 2 is 2.18 bits per heavy atom. The third-order valence-corrected chi connectivity index (χ3v) is 4.80. The van der Waals surface area contributed by atoms with Gasteiger partial charge in [-0.1, -0.05) is 0 Å². The van der Waals surface area contributed by atoms with Crippen LogP contribution in [0.3, 0.4) is 0 Å². The van der Waals surface area contributed by atoms with E-state index in [1.165, 1.54) is 22.2 Å². The number of aromatic nitrogens is 3. The van der Waals surface area contributed by atoms with E-state index in [-0.39, 0.29) is 11.6 Å². The fourth-order valence-corrected chi connectivity index (χ4v) is 3.19. The molecule has 0 unspecified atom stereocenters. The number of urea groups is 1. The summed E-state index contributed by atoms with van der Waals surface area (Å²) in [5.74, 6) is 0. The molecule has 0 radical (unpaired) electrons. The Balaban J connectivity index is 1.75. The molecule has 1 aliphatic rings. The minimum Gasteiger partial charge on any atom is -0.318 e. The number of aryl methyl sites for hydroxylation is 3. The molecule has 8 heteroatoms. The molecule has 2 amide bonds. The number of hydrogen-bond acceptors (Lipinski definition) is 5. The van der Waals surface area contributed by atoms with Gasteiger partial charge in [0, 0.05) is 24.0 Å². The Labute approximate surface area is 131 Å². The SMILES string of the molecule is Cc1nc(NC(=O)N2CCc3c(ncn(C)c3=O)C2)sc1C. The molecule has 0 aromatic carbocycles. The number of rotatable bonds is 1. The number of nitrogens with zero attached hydrogens (tertiary/aromatic N) is 4. The molecule has 2 aromatic rings. The van der Waals surface area contributed by atoms with Gasteiger partial charge in [0.2, 0.25) is 0 Å². The van der Waals surface area contributed by atoms with Gasteiger partial charge in [-0.3, -0.25) is 10.1 Å². The average molecular weight is 319 g/mol. The highest BCUT2D eigenvalue weighted by Gasteiger charge is 2.24. The first-order valence-electron chi connectivity index (χ1n) is 6.99. The second-order valence-electron chi connectivity index (χ2n) is 5.35. The Kier molecular flexibility index (Phi) is 3.69. The van der Waals surface area contributed by atoms with Crippen molar-refractivity contribution in [3.05, 3.63) is 38.5 Å². The summed E-state index contributed by atoms with van der Waals surface area (Å²) in [6.07, 6.45) is 2.02. The first kappa shape index (κ1) is 14.7. The van der Waals surface area contributed by atoms with E-state index in [1.54, 1.807) is 11.9 Å². The lowest BCUT2D eigenvalue weighted by atomic mass is 10.1. The first-order chi connectivity index (χ1) is 10.5. The number of thiazole rings is 1. The van der Waals surface area contributed by atoms with Crippen LogP contribution in [0.5, 0.6) is 0 Å². The van der Waals surface area contributed by atoms with Crippen molar-refractivity contribution in [1.82, 2.24) is 19.4 Å². The zero-order valence-electron chi connectivity index (χ0n) is 12.7. The standard InChI is InChI=1S/C14H17N5O2S/c1-8-9(2)22-13(16-8)17-14(21)19-5-4-10-11(6-19)15-7-18(3)12(10)20/h7H,4-6H2,1-3H3,(H,16,17,21). The summed E-state index contributed by atoms with van der Waals surface area (Å²) >= 11 is 1.46. The van der Waals surface area contributed by atoms with Crippen LogP contribution in [0.15, 0.2) is 11.1 Å². The first-order valence-corrected chi connectivity index (χ1v) is 7.80. The molecule has 0 saturated carbocycles. The van der Waals surface area contributed by atoms with Gasteiger partial charge in [0.25, 0.3) is 5.56 Å². The summed E-state index contributed by atoms with van der Waals surface area (Å²) in [4.78, 5) is 35.6. The highest BCUT2D eigenvalue weighted by atomic mass is 32.1. The lowest BCUT2D eigenvalue weighted by Gasteiger charge is -2.27. The van der Waals surface area contributed by atoms with Crippen LogP contribution in [-0.2, 0) is 20.0 Å². The third-order valence-electron chi connectivity index (χ3n) is 3.82. The summed E-state index contributed by atoms with van der Waals surface area (Å²) in [5, 5.41) is 3.41. The molecule has 1 N–H and O–H groups in total. The van der Waals surface area contributed by atoms with Crippen molar-refractivity contribution in [3.63, 3.8) is 0 Å². The largest absolute Gasteiger partial charge is 0.324 e. The van der Waals surface area contributed by atoms with Gasteiger partial charge in [-0.05, 0) is 20.3 Å². The molecule has 0 spiro atoms. The van der Waals surface area contributed by atoms with Gasteiger partial charge in [-0.25, -0.2) is 14.8 Å². The maximum absolute atomic E-state index is 12.3. The molecule has 116 valence electrons. The van der Waals surface area contributed by atoms with Crippen molar-refractivity contribution in [3.8, 4) is 0 Å². The van der Waals surface area contributed by atoms with E-state index in [9.17, 15) is 9.59 Å². The van der Waals surface area contributed by atoms with Gasteiger partial charge >= 0.3 is 6.03 Å². The fraction of sp³-hybridized carbons (Fsp3) is 0.429. The van der Waals surface area contributed by atoms with Crippen LogP contribution >= 0.6 is 11.3 Å². The number of carbonyl (C=O) groups is 1. The lowest BCUT2D eigenvalue weighted by Crippen LogP contribution is -2.42. The molecule has 0 bridgehead atoms. The highest BCUT2D eigenvalue weighted by molar-refractivity contribution is 7.15. The topological polar surface area (TPSA) is 80.1 Å². The molecule has 7 nitrogen and oxygen atoms in total. The number of nitrogens with one attached hydrogen (secondary N) is 1. The average Bonchev–Trinajstić information content (AvgIpc) is 2.80. The highest BCUT2D eigenvalue weighted by Crippen LogP contribution is 2.22. The maximum Gasteiger partial charge on any atom is 0.324 e. The molecule has 0 fully saturated rings. The number of anilines is 1. The monoisotopic (exact) mass is 319 g/mol. The van der Waals surface area contributed by atoms with Gasteiger partial charge in [0.15, 0.2) is 5.13 Å². The summed E-state index contributed by atoms with van der Waals surface area (Å²) in [6, 6.07) is -0.207. The predicted molar refractivity (Wildman–Crippen MR) is 84.2 cm³/mol. The Morgan fingerprint density at radius 1 is 1.41 bits per heavy atom. The molecule has 2 aromatic heterocycles. The van der Waals surface area contributed by atoms with E-state index in [0.29, 0.717) is 35.9 Å². The van der Waals surface area contributed by atoms with Gasteiger partial charge in [0.05, 0.1) is 24.3 Å². The van der Waals surface area contributed by atoms with Gasteiger partial charge < -0.3 is 9.47 Å². The minimum atomic E-state index is -0.207. The maximum atomic E-state index is 12.3. The van der Waals surface area contributed by atoms with Gasteiger partial charge in [0.1, 0.15) is 0 Å². The molecular weight excluding hydrogens is 302 g/mol. The number of fused-ring (bicyclic) bond motifs is 1. The van der Waals surface area contributed by atoms with Crippen molar-refractivity contribution in [2.45, 2.75) is 26.8 Å². The van der Waals surface area contributed by atoms with E-state index < -0.39 is 0 Å². The van der Waals surface area contributed by atoms with E-state index in [2.05, 4.69) is 15.3 Å². The van der Waals surface area contributed by atoms with Crippen LogP contribution in [0.4, 0.5) is 9.93 Å². The molecule has 0 aliphatic carbocycles. The van der Waals surface area contributed by atoms with Crippen molar-refractivity contribution in [2.24, 2.45) is 7.05 Å². The Hall–Kier alpha value is -2.22. The Bertz CT molecular complexity index is 776. The van der Waals surface area contributed by atoms with E-state index in [4.69, 9.17) is 0 Å². The van der Waals surface area contributed by atoms with Crippen molar-refractivity contribution in [2.75, 3.05) is 11.9 Å². The van der Waals surface area contributed by atoms with Gasteiger partial charge in [-0.2, -0.15) is 0 Å². The fourth-order valence-electron chi connectivity index (χ4n) is 2.39. The van der Waals surface area contributed by atoms with E-state index in [1.807, 2.05) is 13.8 Å². The quantitative estimate of drug-likeness (QED) is 0.862. The number of carbonyl (C=O) groups excluding carboxylic acids is 1. The van der Waals surface area contributed by atoms with Crippen LogP contribution in [0.1, 0.15) is 21.8 Å². The second-order valence-corrected chi connectivity index (χ2v) is 6.55.